The van der Waals surface area contributed by atoms with Crippen molar-refractivity contribution in [2.24, 2.45) is 0 Å². The van der Waals surface area contributed by atoms with E-state index in [0.29, 0.717) is 5.92 Å². The molecule has 2 aromatic carbocycles. The lowest BCUT2D eigenvalue weighted by atomic mass is 9.90. The summed E-state index contributed by atoms with van der Waals surface area (Å²) in [7, 11) is 0. The van der Waals surface area contributed by atoms with Crippen LogP contribution in [0.25, 0.3) is 0 Å². The normalized spacial score (nSPS) is 11.5. The number of hydrogen-bond acceptors (Lipinski definition) is 1. The summed E-state index contributed by atoms with van der Waals surface area (Å²) in [5.41, 5.74) is 2.74. The SMILES string of the molecule is CCC(C)c1ccccc1C(=O)c1ccccc1.Cl. The van der Waals surface area contributed by atoms with Gasteiger partial charge in [0.1, 0.15) is 0 Å². The second kappa shape index (κ2) is 7.10. The largest absolute Gasteiger partial charge is 0.289 e. The highest BCUT2D eigenvalue weighted by molar-refractivity contribution is 6.10. The van der Waals surface area contributed by atoms with Crippen LogP contribution in [0.15, 0.2) is 54.6 Å². The fraction of sp³-hybridized carbons (Fsp3) is 0.235. The predicted octanol–water partition coefficient (Wildman–Crippen LogP) is 4.85. The minimum absolute atomic E-state index is 0. The highest BCUT2D eigenvalue weighted by Gasteiger charge is 2.15. The van der Waals surface area contributed by atoms with Gasteiger partial charge in [0.25, 0.3) is 0 Å². The van der Waals surface area contributed by atoms with E-state index in [2.05, 4.69) is 19.9 Å². The zero-order valence-electron chi connectivity index (χ0n) is 11.3. The summed E-state index contributed by atoms with van der Waals surface area (Å²) in [6, 6.07) is 17.4. The summed E-state index contributed by atoms with van der Waals surface area (Å²) in [5, 5.41) is 0. The van der Waals surface area contributed by atoms with Crippen molar-refractivity contribution in [1.29, 1.82) is 0 Å². The van der Waals surface area contributed by atoms with Gasteiger partial charge in [-0.05, 0) is 17.9 Å². The lowest BCUT2D eigenvalue weighted by Gasteiger charge is -2.14. The smallest absolute Gasteiger partial charge is 0.193 e. The fourth-order valence-electron chi connectivity index (χ4n) is 2.10. The molecule has 0 aromatic heterocycles. The van der Waals surface area contributed by atoms with Crippen LogP contribution in [-0.2, 0) is 0 Å². The average molecular weight is 275 g/mol. The molecule has 0 bridgehead atoms. The van der Waals surface area contributed by atoms with Crippen LogP contribution < -0.4 is 0 Å². The third-order valence-electron chi connectivity index (χ3n) is 3.38. The molecule has 0 spiro atoms. The van der Waals surface area contributed by atoms with Gasteiger partial charge >= 0.3 is 0 Å². The Bertz CT molecular complexity index is 534. The maximum absolute atomic E-state index is 12.5. The Balaban J connectivity index is 0.00000180. The number of ketones is 1. The van der Waals surface area contributed by atoms with Crippen molar-refractivity contribution in [3.63, 3.8) is 0 Å². The maximum atomic E-state index is 12.5. The molecule has 0 fully saturated rings. The molecule has 0 aliphatic rings. The predicted molar refractivity (Wildman–Crippen MR) is 82.3 cm³/mol. The van der Waals surface area contributed by atoms with E-state index >= 15 is 0 Å². The van der Waals surface area contributed by atoms with Crippen LogP contribution in [0.2, 0.25) is 0 Å². The molecule has 0 radical (unpaired) electrons. The van der Waals surface area contributed by atoms with Crippen molar-refractivity contribution >= 4 is 18.2 Å². The Kier molecular flexibility index (Phi) is 5.78. The first kappa shape index (κ1) is 15.5. The van der Waals surface area contributed by atoms with E-state index in [1.54, 1.807) is 0 Å². The van der Waals surface area contributed by atoms with E-state index in [9.17, 15) is 4.79 Å². The van der Waals surface area contributed by atoms with E-state index in [0.717, 1.165) is 23.1 Å². The minimum atomic E-state index is 0. The summed E-state index contributed by atoms with van der Waals surface area (Å²) in [4.78, 5) is 12.5. The molecule has 1 nitrogen and oxygen atoms in total. The van der Waals surface area contributed by atoms with E-state index in [4.69, 9.17) is 0 Å². The van der Waals surface area contributed by atoms with Gasteiger partial charge in [0, 0.05) is 11.1 Å². The number of benzene rings is 2. The summed E-state index contributed by atoms with van der Waals surface area (Å²) >= 11 is 0. The van der Waals surface area contributed by atoms with Crippen molar-refractivity contribution in [1.82, 2.24) is 0 Å². The molecule has 0 saturated heterocycles. The molecule has 2 heteroatoms. The van der Waals surface area contributed by atoms with Crippen molar-refractivity contribution in [2.45, 2.75) is 26.2 Å². The van der Waals surface area contributed by atoms with Crippen molar-refractivity contribution in [3.05, 3.63) is 71.3 Å². The standard InChI is InChI=1S/C17H18O.ClH/c1-3-13(2)15-11-7-8-12-16(15)17(18)14-9-5-4-6-10-14;/h4-13H,3H2,1-2H3;1H. The fourth-order valence-corrected chi connectivity index (χ4v) is 2.10. The van der Waals surface area contributed by atoms with Crippen molar-refractivity contribution < 1.29 is 4.79 Å². The van der Waals surface area contributed by atoms with Gasteiger partial charge in [-0.2, -0.15) is 0 Å². The number of halogens is 1. The first-order chi connectivity index (χ1) is 8.74. The van der Waals surface area contributed by atoms with E-state index in [-0.39, 0.29) is 18.2 Å². The van der Waals surface area contributed by atoms with E-state index < -0.39 is 0 Å². The molecule has 100 valence electrons. The van der Waals surface area contributed by atoms with Crippen LogP contribution in [-0.4, -0.2) is 5.78 Å². The molecule has 0 aliphatic heterocycles. The number of carbonyl (C=O) groups excluding carboxylic acids is 1. The Hall–Kier alpha value is -1.60. The van der Waals surface area contributed by atoms with Gasteiger partial charge < -0.3 is 0 Å². The Morgan fingerprint density at radius 1 is 1.00 bits per heavy atom. The van der Waals surface area contributed by atoms with Crippen LogP contribution in [0.4, 0.5) is 0 Å². The van der Waals surface area contributed by atoms with Gasteiger partial charge in [-0.3, -0.25) is 4.79 Å². The molecule has 1 unspecified atom stereocenters. The summed E-state index contributed by atoms with van der Waals surface area (Å²) in [6.07, 6.45) is 1.04. The van der Waals surface area contributed by atoms with Crippen LogP contribution in [0.3, 0.4) is 0 Å². The molecule has 2 rings (SSSR count). The Labute approximate surface area is 121 Å². The first-order valence-electron chi connectivity index (χ1n) is 6.42. The molecule has 19 heavy (non-hydrogen) atoms. The molecule has 0 heterocycles. The molecule has 0 saturated carbocycles. The topological polar surface area (TPSA) is 17.1 Å². The van der Waals surface area contributed by atoms with Crippen LogP contribution >= 0.6 is 12.4 Å². The monoisotopic (exact) mass is 274 g/mol. The molecule has 2 aromatic rings. The first-order valence-corrected chi connectivity index (χ1v) is 6.42. The Morgan fingerprint density at radius 3 is 2.21 bits per heavy atom. The van der Waals surface area contributed by atoms with Gasteiger partial charge in [0.05, 0.1) is 0 Å². The summed E-state index contributed by atoms with van der Waals surface area (Å²) in [6.45, 7) is 4.31. The van der Waals surface area contributed by atoms with Crippen molar-refractivity contribution in [3.8, 4) is 0 Å². The Morgan fingerprint density at radius 2 is 1.58 bits per heavy atom. The van der Waals surface area contributed by atoms with E-state index in [1.165, 1.54) is 0 Å². The molecule has 0 N–H and O–H groups in total. The molecule has 0 amide bonds. The second-order valence-corrected chi connectivity index (χ2v) is 4.59. The molecule has 0 aliphatic carbocycles. The number of rotatable bonds is 4. The lowest BCUT2D eigenvalue weighted by Crippen LogP contribution is -2.07. The quantitative estimate of drug-likeness (QED) is 0.728. The van der Waals surface area contributed by atoms with Gasteiger partial charge in [0.15, 0.2) is 5.78 Å². The molecule has 1 atom stereocenters. The number of hydrogen-bond donors (Lipinski definition) is 0. The van der Waals surface area contributed by atoms with Crippen LogP contribution in [0.5, 0.6) is 0 Å². The minimum Gasteiger partial charge on any atom is -0.289 e. The van der Waals surface area contributed by atoms with Crippen LogP contribution in [0, 0.1) is 0 Å². The van der Waals surface area contributed by atoms with Gasteiger partial charge in [-0.25, -0.2) is 0 Å². The van der Waals surface area contributed by atoms with E-state index in [1.807, 2.05) is 48.5 Å². The van der Waals surface area contributed by atoms with Gasteiger partial charge in [-0.15, -0.1) is 12.4 Å². The lowest BCUT2D eigenvalue weighted by molar-refractivity contribution is 0.103. The summed E-state index contributed by atoms with van der Waals surface area (Å²) in [5.74, 6) is 0.528. The number of carbonyl (C=O) groups is 1. The van der Waals surface area contributed by atoms with Crippen LogP contribution in [0.1, 0.15) is 47.7 Å². The zero-order valence-corrected chi connectivity index (χ0v) is 12.1. The van der Waals surface area contributed by atoms with Crippen molar-refractivity contribution in [2.75, 3.05) is 0 Å². The summed E-state index contributed by atoms with van der Waals surface area (Å²) < 4.78 is 0. The highest BCUT2D eigenvalue weighted by atomic mass is 35.5. The van der Waals surface area contributed by atoms with Gasteiger partial charge in [-0.1, -0.05) is 68.4 Å². The third-order valence-corrected chi connectivity index (χ3v) is 3.38. The van der Waals surface area contributed by atoms with Gasteiger partial charge in [0.2, 0.25) is 0 Å². The third kappa shape index (κ3) is 3.45. The zero-order chi connectivity index (χ0) is 13.0. The highest BCUT2D eigenvalue weighted by Crippen LogP contribution is 2.24. The molecular formula is C17H19ClO. The second-order valence-electron chi connectivity index (χ2n) is 4.59. The average Bonchev–Trinajstić information content (AvgIpc) is 2.46. The molecular weight excluding hydrogens is 256 g/mol. The maximum Gasteiger partial charge on any atom is 0.193 e.